The van der Waals surface area contributed by atoms with Gasteiger partial charge in [0.2, 0.25) is 5.91 Å². The minimum absolute atomic E-state index is 0.133. The van der Waals surface area contributed by atoms with Crippen LogP contribution in [0.4, 0.5) is 0 Å². The summed E-state index contributed by atoms with van der Waals surface area (Å²) >= 11 is 6.02. The maximum atomic E-state index is 13.0. The summed E-state index contributed by atoms with van der Waals surface area (Å²) in [6.07, 6.45) is 4.65. The third-order valence-electron chi connectivity index (χ3n) is 5.54. The van der Waals surface area contributed by atoms with Crippen LogP contribution < -0.4 is 10.9 Å². The Morgan fingerprint density at radius 2 is 2.08 bits per heavy atom. The van der Waals surface area contributed by atoms with Crippen molar-refractivity contribution in [2.45, 2.75) is 38.4 Å². The van der Waals surface area contributed by atoms with Crippen LogP contribution in [0.25, 0.3) is 0 Å². The number of rotatable bonds is 3. The van der Waals surface area contributed by atoms with Crippen LogP contribution >= 0.6 is 11.6 Å². The van der Waals surface area contributed by atoms with Crippen molar-refractivity contribution in [3.63, 3.8) is 0 Å². The average molecular weight is 374 g/mol. The van der Waals surface area contributed by atoms with Gasteiger partial charge in [-0.25, -0.2) is 5.43 Å². The van der Waals surface area contributed by atoms with Crippen LogP contribution in [0.15, 0.2) is 36.7 Å². The van der Waals surface area contributed by atoms with Gasteiger partial charge in [0.25, 0.3) is 0 Å². The molecule has 2 fully saturated rings. The summed E-state index contributed by atoms with van der Waals surface area (Å²) in [6.45, 7) is 5.41. The number of halogens is 1. The Labute approximate surface area is 158 Å². The number of amides is 1. The minimum Gasteiger partial charge on any atom is -0.340 e. The standard InChI is InChI=1S/C19H24ClN5O/c1-12-9-21-25(10-12)13(2)19(26)24-8-7-17-16(11-24)18(23-22-17)14-3-5-15(20)6-4-14/h3-6,9-10,13,16-18,22-23H,7-8,11H2,1-2H3. The van der Waals surface area contributed by atoms with Crippen molar-refractivity contribution in [3.8, 4) is 0 Å². The molecule has 1 aromatic carbocycles. The molecule has 4 atom stereocenters. The molecule has 2 aliphatic heterocycles. The van der Waals surface area contributed by atoms with Crippen LogP contribution in [0.1, 0.15) is 36.6 Å². The van der Waals surface area contributed by atoms with Crippen LogP contribution in [-0.2, 0) is 4.79 Å². The molecule has 0 bridgehead atoms. The van der Waals surface area contributed by atoms with E-state index < -0.39 is 0 Å². The maximum absolute atomic E-state index is 13.0. The number of nitrogens with one attached hydrogen (secondary N) is 2. The molecule has 2 aliphatic rings. The first-order chi connectivity index (χ1) is 12.5. The molecule has 0 aliphatic carbocycles. The molecule has 2 aromatic rings. The van der Waals surface area contributed by atoms with E-state index in [9.17, 15) is 4.79 Å². The molecule has 26 heavy (non-hydrogen) atoms. The van der Waals surface area contributed by atoms with Crippen LogP contribution in [0.3, 0.4) is 0 Å². The van der Waals surface area contributed by atoms with Gasteiger partial charge in [0.15, 0.2) is 0 Å². The van der Waals surface area contributed by atoms with E-state index in [1.165, 1.54) is 5.56 Å². The number of fused-ring (bicyclic) bond motifs is 1. The molecule has 0 spiro atoms. The van der Waals surface area contributed by atoms with E-state index in [0.717, 1.165) is 30.1 Å². The highest BCUT2D eigenvalue weighted by Gasteiger charge is 2.42. The number of likely N-dealkylation sites (tertiary alicyclic amines) is 1. The lowest BCUT2D eigenvalue weighted by molar-refractivity contribution is -0.136. The van der Waals surface area contributed by atoms with Gasteiger partial charge in [-0.05, 0) is 43.5 Å². The van der Waals surface area contributed by atoms with E-state index in [4.69, 9.17) is 11.6 Å². The largest absolute Gasteiger partial charge is 0.340 e. The molecule has 2 saturated heterocycles. The Kier molecular flexibility index (Phi) is 4.73. The van der Waals surface area contributed by atoms with Crippen LogP contribution in [0.2, 0.25) is 5.02 Å². The van der Waals surface area contributed by atoms with Crippen molar-refractivity contribution in [1.29, 1.82) is 0 Å². The SMILES string of the molecule is Cc1cnn(C(C)C(=O)N2CCC3NNC(c4ccc(Cl)cc4)C3C2)c1. The molecule has 6 nitrogen and oxygen atoms in total. The molecule has 2 N–H and O–H groups in total. The molecular weight excluding hydrogens is 350 g/mol. The third kappa shape index (κ3) is 3.24. The molecular formula is C19H24ClN5O. The lowest BCUT2D eigenvalue weighted by Gasteiger charge is -2.37. The Morgan fingerprint density at radius 3 is 2.77 bits per heavy atom. The second-order valence-corrected chi connectivity index (χ2v) is 7.77. The van der Waals surface area contributed by atoms with E-state index in [2.05, 4.69) is 28.1 Å². The van der Waals surface area contributed by atoms with Crippen molar-refractivity contribution >= 4 is 17.5 Å². The van der Waals surface area contributed by atoms with Gasteiger partial charge in [0.1, 0.15) is 6.04 Å². The predicted molar refractivity (Wildman–Crippen MR) is 101 cm³/mol. The van der Waals surface area contributed by atoms with Gasteiger partial charge >= 0.3 is 0 Å². The highest BCUT2D eigenvalue weighted by Crippen LogP contribution is 2.34. The lowest BCUT2D eigenvalue weighted by atomic mass is 9.85. The second-order valence-electron chi connectivity index (χ2n) is 7.33. The van der Waals surface area contributed by atoms with Crippen molar-refractivity contribution in [2.75, 3.05) is 13.1 Å². The van der Waals surface area contributed by atoms with Crippen LogP contribution in [0.5, 0.6) is 0 Å². The highest BCUT2D eigenvalue weighted by atomic mass is 35.5. The topological polar surface area (TPSA) is 62.2 Å². The Hall–Kier alpha value is -1.89. The van der Waals surface area contributed by atoms with Crippen molar-refractivity contribution < 1.29 is 4.79 Å². The number of aryl methyl sites for hydroxylation is 1. The highest BCUT2D eigenvalue weighted by molar-refractivity contribution is 6.30. The predicted octanol–water partition coefficient (Wildman–Crippen LogP) is 2.47. The molecule has 138 valence electrons. The zero-order valence-electron chi connectivity index (χ0n) is 15.0. The summed E-state index contributed by atoms with van der Waals surface area (Å²) in [4.78, 5) is 15.0. The summed E-state index contributed by atoms with van der Waals surface area (Å²) in [6, 6.07) is 8.22. The monoisotopic (exact) mass is 373 g/mol. The number of carbonyl (C=O) groups excluding carboxylic acids is 1. The number of carbonyl (C=O) groups is 1. The molecule has 4 unspecified atom stereocenters. The molecule has 0 radical (unpaired) electrons. The van der Waals surface area contributed by atoms with Crippen LogP contribution in [0, 0.1) is 12.8 Å². The number of nitrogens with zero attached hydrogens (tertiary/aromatic N) is 3. The van der Waals surface area contributed by atoms with E-state index in [1.807, 2.05) is 37.1 Å². The van der Waals surface area contributed by atoms with Gasteiger partial charge in [0.05, 0.1) is 12.2 Å². The summed E-state index contributed by atoms with van der Waals surface area (Å²) in [5.41, 5.74) is 9.08. The first-order valence-corrected chi connectivity index (χ1v) is 9.47. The fraction of sp³-hybridized carbons (Fsp3) is 0.474. The van der Waals surface area contributed by atoms with Gasteiger partial charge in [-0.2, -0.15) is 5.10 Å². The molecule has 7 heteroatoms. The molecule has 1 amide bonds. The van der Waals surface area contributed by atoms with E-state index in [-0.39, 0.29) is 18.0 Å². The Balaban J connectivity index is 1.49. The first-order valence-electron chi connectivity index (χ1n) is 9.09. The van der Waals surface area contributed by atoms with Crippen molar-refractivity contribution in [3.05, 3.63) is 52.8 Å². The zero-order chi connectivity index (χ0) is 18.3. The number of hydrazine groups is 1. The van der Waals surface area contributed by atoms with Gasteiger partial charge in [-0.3, -0.25) is 14.9 Å². The smallest absolute Gasteiger partial charge is 0.247 e. The minimum atomic E-state index is -0.281. The number of benzene rings is 1. The van der Waals surface area contributed by atoms with Gasteiger partial charge < -0.3 is 4.90 Å². The number of hydrogen-bond donors (Lipinski definition) is 2. The number of hydrogen-bond acceptors (Lipinski definition) is 4. The molecule has 1 aromatic heterocycles. The van der Waals surface area contributed by atoms with Crippen LogP contribution in [-0.4, -0.2) is 39.7 Å². The molecule has 3 heterocycles. The number of piperidine rings is 1. The summed E-state index contributed by atoms with van der Waals surface area (Å²) in [5.74, 6) is 0.466. The van der Waals surface area contributed by atoms with E-state index >= 15 is 0 Å². The molecule has 0 saturated carbocycles. The third-order valence-corrected chi connectivity index (χ3v) is 5.79. The lowest BCUT2D eigenvalue weighted by Crippen LogP contribution is -2.49. The Bertz CT molecular complexity index is 789. The van der Waals surface area contributed by atoms with E-state index in [0.29, 0.717) is 12.0 Å². The van der Waals surface area contributed by atoms with Crippen molar-refractivity contribution in [2.24, 2.45) is 5.92 Å². The average Bonchev–Trinajstić information content (AvgIpc) is 3.27. The zero-order valence-corrected chi connectivity index (χ0v) is 15.8. The van der Waals surface area contributed by atoms with Gasteiger partial charge in [0, 0.05) is 36.3 Å². The summed E-state index contributed by atoms with van der Waals surface area (Å²) in [7, 11) is 0. The quantitative estimate of drug-likeness (QED) is 0.867. The summed E-state index contributed by atoms with van der Waals surface area (Å²) in [5, 5.41) is 5.04. The van der Waals surface area contributed by atoms with Gasteiger partial charge in [-0.15, -0.1) is 0 Å². The molecule has 4 rings (SSSR count). The van der Waals surface area contributed by atoms with E-state index in [1.54, 1.807) is 10.9 Å². The normalized spacial score (nSPS) is 26.6. The second kappa shape index (κ2) is 7.02. The Morgan fingerprint density at radius 1 is 1.31 bits per heavy atom. The maximum Gasteiger partial charge on any atom is 0.247 e. The summed E-state index contributed by atoms with van der Waals surface area (Å²) < 4.78 is 1.76. The fourth-order valence-electron chi connectivity index (χ4n) is 4.03. The van der Waals surface area contributed by atoms with Crippen molar-refractivity contribution in [1.82, 2.24) is 25.5 Å². The fourth-order valence-corrected chi connectivity index (χ4v) is 4.15. The van der Waals surface area contributed by atoms with Gasteiger partial charge in [-0.1, -0.05) is 23.7 Å². The number of aromatic nitrogens is 2. The first kappa shape index (κ1) is 17.5.